The number of aliphatic hydroxyl groups is 1. The van der Waals surface area contributed by atoms with Gasteiger partial charge in [0, 0.05) is 22.9 Å². The molecular weight excluding hydrogens is 246 g/mol. The van der Waals surface area contributed by atoms with Crippen molar-refractivity contribution in [3.8, 4) is 0 Å². The molecule has 2 fully saturated rings. The van der Waals surface area contributed by atoms with Crippen molar-refractivity contribution in [2.24, 2.45) is 5.92 Å². The van der Waals surface area contributed by atoms with E-state index in [2.05, 4.69) is 17.4 Å². The smallest absolute Gasteiger partial charge is 0.117 e. The monoisotopic (exact) mass is 266 g/mol. The topological polar surface area (TPSA) is 36.8 Å². The second-order valence-corrected chi connectivity index (χ2v) is 6.25. The van der Waals surface area contributed by atoms with Crippen LogP contribution in [0.4, 0.5) is 0 Å². The molecule has 1 aromatic rings. The summed E-state index contributed by atoms with van der Waals surface area (Å²) in [5, 5.41) is 14.0. The molecule has 1 aromatic carbocycles. The summed E-state index contributed by atoms with van der Waals surface area (Å²) >= 11 is 6.10. The fourth-order valence-corrected chi connectivity index (χ4v) is 4.03. The Morgan fingerprint density at radius 3 is 3.00 bits per heavy atom. The minimum absolute atomic E-state index is 0.378. The lowest BCUT2D eigenvalue weighted by Crippen LogP contribution is -2.91. The van der Waals surface area contributed by atoms with Crippen LogP contribution in [0.1, 0.15) is 43.7 Å². The lowest BCUT2D eigenvalue weighted by atomic mass is 9.67. The van der Waals surface area contributed by atoms with Crippen molar-refractivity contribution < 1.29 is 10.4 Å². The number of hydrogen-bond donors (Lipinski definition) is 2. The highest BCUT2D eigenvalue weighted by Gasteiger charge is 2.48. The first-order chi connectivity index (χ1) is 8.69. The summed E-state index contributed by atoms with van der Waals surface area (Å²) in [7, 11) is 0. The quantitative estimate of drug-likeness (QED) is 0.804. The number of halogens is 1. The van der Waals surface area contributed by atoms with Gasteiger partial charge in [-0.15, -0.1) is 0 Å². The van der Waals surface area contributed by atoms with Crippen molar-refractivity contribution in [3.05, 3.63) is 34.9 Å². The van der Waals surface area contributed by atoms with E-state index in [-0.39, 0.29) is 0 Å². The van der Waals surface area contributed by atoms with E-state index in [1.165, 1.54) is 18.4 Å². The molecule has 0 bridgehead atoms. The highest BCUT2D eigenvalue weighted by Crippen LogP contribution is 2.43. The van der Waals surface area contributed by atoms with E-state index >= 15 is 0 Å². The van der Waals surface area contributed by atoms with Gasteiger partial charge in [-0.1, -0.05) is 36.6 Å². The molecule has 0 spiro atoms. The largest absolute Gasteiger partial charge is 0.389 e. The highest BCUT2D eigenvalue weighted by atomic mass is 35.5. The second-order valence-electron chi connectivity index (χ2n) is 5.81. The van der Waals surface area contributed by atoms with Gasteiger partial charge in [0.05, 0.1) is 12.1 Å². The molecule has 1 saturated carbocycles. The van der Waals surface area contributed by atoms with Crippen LogP contribution < -0.4 is 5.32 Å². The third-order valence-corrected chi connectivity index (χ3v) is 4.97. The zero-order valence-electron chi connectivity index (χ0n) is 10.6. The van der Waals surface area contributed by atoms with Gasteiger partial charge >= 0.3 is 0 Å². The summed E-state index contributed by atoms with van der Waals surface area (Å²) in [5.74, 6) is 0.387. The number of rotatable bonds is 1. The Bertz CT molecular complexity index is 432. The molecule has 0 aromatic heterocycles. The van der Waals surface area contributed by atoms with E-state index in [1.54, 1.807) is 0 Å². The van der Waals surface area contributed by atoms with Crippen LogP contribution in [-0.4, -0.2) is 17.3 Å². The Balaban J connectivity index is 1.91. The maximum absolute atomic E-state index is 10.8. The van der Waals surface area contributed by atoms with E-state index in [0.29, 0.717) is 12.0 Å². The van der Waals surface area contributed by atoms with Crippen LogP contribution >= 0.6 is 11.6 Å². The molecule has 1 saturated heterocycles. The molecule has 0 radical (unpaired) electrons. The normalized spacial score (nSPS) is 36.1. The molecule has 3 N–H and O–H groups in total. The predicted molar refractivity (Wildman–Crippen MR) is 72.5 cm³/mol. The van der Waals surface area contributed by atoms with E-state index in [4.69, 9.17) is 11.6 Å². The van der Waals surface area contributed by atoms with Gasteiger partial charge in [0.2, 0.25) is 0 Å². The van der Waals surface area contributed by atoms with Crippen molar-refractivity contribution in [2.45, 2.75) is 43.7 Å². The molecule has 3 atom stereocenters. The molecule has 1 aliphatic heterocycles. The average Bonchev–Trinajstić information content (AvgIpc) is 2.37. The maximum Gasteiger partial charge on any atom is 0.117 e. The van der Waals surface area contributed by atoms with Crippen LogP contribution in [0, 0.1) is 5.92 Å². The SMILES string of the molecule is O[C@]12CCCC[C@@H]1[C@@H](c1cccc(Cl)c1)[NH2+]CC2. The predicted octanol–water partition coefficient (Wildman–Crippen LogP) is 2.27. The van der Waals surface area contributed by atoms with Gasteiger partial charge in [-0.05, 0) is 25.0 Å². The van der Waals surface area contributed by atoms with Crippen LogP contribution in [0.2, 0.25) is 5.02 Å². The van der Waals surface area contributed by atoms with Crippen LogP contribution in [0.5, 0.6) is 0 Å². The van der Waals surface area contributed by atoms with Crippen molar-refractivity contribution >= 4 is 11.6 Å². The molecule has 98 valence electrons. The Morgan fingerprint density at radius 2 is 2.17 bits per heavy atom. The molecule has 18 heavy (non-hydrogen) atoms. The number of nitrogens with two attached hydrogens (primary N) is 1. The Hall–Kier alpha value is -0.570. The summed E-state index contributed by atoms with van der Waals surface area (Å²) in [5.41, 5.74) is 0.840. The zero-order valence-corrected chi connectivity index (χ0v) is 11.4. The Labute approximate surface area is 113 Å². The molecule has 3 heteroatoms. The summed E-state index contributed by atoms with van der Waals surface area (Å²) in [6.07, 6.45) is 5.48. The zero-order chi connectivity index (χ0) is 12.6. The molecule has 2 aliphatic rings. The van der Waals surface area contributed by atoms with Gasteiger partial charge in [-0.3, -0.25) is 0 Å². The number of hydrogen-bond acceptors (Lipinski definition) is 1. The number of quaternary nitrogens is 1. The highest BCUT2D eigenvalue weighted by molar-refractivity contribution is 6.30. The minimum Gasteiger partial charge on any atom is -0.389 e. The molecule has 1 heterocycles. The van der Waals surface area contributed by atoms with Crippen molar-refractivity contribution in [1.82, 2.24) is 0 Å². The fourth-order valence-electron chi connectivity index (χ4n) is 3.83. The van der Waals surface area contributed by atoms with E-state index in [9.17, 15) is 5.11 Å². The Morgan fingerprint density at radius 1 is 1.28 bits per heavy atom. The maximum atomic E-state index is 10.8. The first kappa shape index (κ1) is 12.5. The van der Waals surface area contributed by atoms with Crippen LogP contribution in [-0.2, 0) is 0 Å². The molecular formula is C15H21ClNO+. The van der Waals surface area contributed by atoms with E-state index < -0.39 is 5.60 Å². The van der Waals surface area contributed by atoms with Gasteiger partial charge in [-0.25, -0.2) is 0 Å². The molecule has 3 rings (SSSR count). The van der Waals surface area contributed by atoms with Crippen LogP contribution in [0.25, 0.3) is 0 Å². The van der Waals surface area contributed by atoms with Gasteiger partial charge in [0.1, 0.15) is 6.04 Å². The van der Waals surface area contributed by atoms with Gasteiger partial charge in [0.25, 0.3) is 0 Å². The van der Waals surface area contributed by atoms with Crippen molar-refractivity contribution in [1.29, 1.82) is 0 Å². The van der Waals surface area contributed by atoms with Gasteiger partial charge < -0.3 is 10.4 Å². The average molecular weight is 267 g/mol. The summed E-state index contributed by atoms with van der Waals surface area (Å²) in [4.78, 5) is 0. The Kier molecular flexibility index (Phi) is 3.35. The number of fused-ring (bicyclic) bond motifs is 1. The van der Waals surface area contributed by atoms with Crippen LogP contribution in [0.3, 0.4) is 0 Å². The summed E-state index contributed by atoms with van der Waals surface area (Å²) in [6, 6.07) is 8.52. The standard InChI is InChI=1S/C15H20ClNO/c16-12-5-3-4-11(10-12)14-13-6-1-2-7-15(13,18)8-9-17-14/h3-5,10,13-14,17-18H,1-2,6-9H2/p+1/t13-,14-,15+/m1/s1. The van der Waals surface area contributed by atoms with Gasteiger partial charge in [0.15, 0.2) is 0 Å². The first-order valence-electron chi connectivity index (χ1n) is 7.00. The van der Waals surface area contributed by atoms with Crippen molar-refractivity contribution in [3.63, 3.8) is 0 Å². The lowest BCUT2D eigenvalue weighted by Gasteiger charge is -2.46. The lowest BCUT2D eigenvalue weighted by molar-refractivity contribution is -0.719. The summed E-state index contributed by atoms with van der Waals surface area (Å²) in [6.45, 7) is 1.02. The van der Waals surface area contributed by atoms with Gasteiger partial charge in [-0.2, -0.15) is 0 Å². The van der Waals surface area contributed by atoms with E-state index in [1.807, 2.05) is 12.1 Å². The second kappa shape index (κ2) is 4.84. The first-order valence-corrected chi connectivity index (χ1v) is 7.38. The third kappa shape index (κ3) is 2.18. The minimum atomic E-state index is -0.431. The third-order valence-electron chi connectivity index (χ3n) is 4.73. The summed E-state index contributed by atoms with van der Waals surface area (Å²) < 4.78 is 0. The van der Waals surface area contributed by atoms with Crippen LogP contribution in [0.15, 0.2) is 24.3 Å². The number of benzene rings is 1. The van der Waals surface area contributed by atoms with E-state index in [0.717, 1.165) is 30.8 Å². The van der Waals surface area contributed by atoms with Crippen molar-refractivity contribution in [2.75, 3.05) is 6.54 Å². The number of piperidine rings is 1. The molecule has 1 aliphatic carbocycles. The molecule has 0 unspecified atom stereocenters. The molecule has 2 nitrogen and oxygen atoms in total. The fraction of sp³-hybridized carbons (Fsp3) is 0.600. The molecule has 0 amide bonds.